The molecular formula is C15H22O2S. The van der Waals surface area contributed by atoms with Crippen LogP contribution < -0.4 is 0 Å². The van der Waals surface area contributed by atoms with E-state index in [2.05, 4.69) is 16.8 Å². The lowest BCUT2D eigenvalue weighted by molar-refractivity contribution is -0.149. The van der Waals surface area contributed by atoms with Gasteiger partial charge in [-0.1, -0.05) is 19.3 Å². The van der Waals surface area contributed by atoms with Crippen LogP contribution in [-0.2, 0) is 16.0 Å². The molecule has 0 bridgehead atoms. The number of ketones is 1. The molecule has 1 fully saturated rings. The lowest BCUT2D eigenvalue weighted by atomic mass is 9.80. The minimum Gasteiger partial charge on any atom is -0.368 e. The van der Waals surface area contributed by atoms with Crippen molar-refractivity contribution in [2.45, 2.75) is 57.5 Å². The minimum absolute atomic E-state index is 0.315. The highest BCUT2D eigenvalue weighted by Gasteiger charge is 2.39. The van der Waals surface area contributed by atoms with Crippen molar-refractivity contribution >= 4 is 17.1 Å². The molecule has 0 aromatic carbocycles. The topological polar surface area (TPSA) is 26.3 Å². The van der Waals surface area contributed by atoms with Crippen LogP contribution in [0, 0.1) is 0 Å². The summed E-state index contributed by atoms with van der Waals surface area (Å²) in [6.07, 6.45) is 6.82. The Morgan fingerprint density at radius 1 is 1.39 bits per heavy atom. The molecule has 3 heteroatoms. The predicted octanol–water partition coefficient (Wildman–Crippen LogP) is 3.99. The highest BCUT2D eigenvalue weighted by atomic mass is 32.1. The normalized spacial score (nSPS) is 18.7. The van der Waals surface area contributed by atoms with Gasteiger partial charge in [-0.2, -0.15) is 11.3 Å². The van der Waals surface area contributed by atoms with Crippen LogP contribution in [0.4, 0.5) is 0 Å². The third-order valence-electron chi connectivity index (χ3n) is 3.81. The summed E-state index contributed by atoms with van der Waals surface area (Å²) < 4.78 is 5.86. The standard InChI is InChI=1S/C15H22O2S/c1-2-17-15(9-4-3-5-10-15)14(16)7-6-13-8-11-18-12-13/h8,11-12H,2-7,9-10H2,1H3. The molecule has 18 heavy (non-hydrogen) atoms. The first-order valence-electron chi connectivity index (χ1n) is 6.95. The number of hydrogen-bond acceptors (Lipinski definition) is 3. The van der Waals surface area contributed by atoms with Crippen molar-refractivity contribution in [1.82, 2.24) is 0 Å². The number of Topliss-reactive ketones (excluding diaryl/α,β-unsaturated/α-hetero) is 1. The lowest BCUT2D eigenvalue weighted by Gasteiger charge is -2.35. The van der Waals surface area contributed by atoms with Crippen LogP contribution in [0.3, 0.4) is 0 Å². The van der Waals surface area contributed by atoms with Gasteiger partial charge in [0.2, 0.25) is 0 Å². The van der Waals surface area contributed by atoms with Crippen molar-refractivity contribution in [2.24, 2.45) is 0 Å². The molecule has 0 atom stereocenters. The molecule has 2 nitrogen and oxygen atoms in total. The van der Waals surface area contributed by atoms with E-state index in [-0.39, 0.29) is 0 Å². The van der Waals surface area contributed by atoms with Crippen LogP contribution in [0.5, 0.6) is 0 Å². The van der Waals surface area contributed by atoms with E-state index in [4.69, 9.17) is 4.74 Å². The van der Waals surface area contributed by atoms with Crippen LogP contribution >= 0.6 is 11.3 Å². The number of ether oxygens (including phenoxy) is 1. The molecule has 100 valence electrons. The Labute approximate surface area is 113 Å². The molecule has 2 rings (SSSR count). The average molecular weight is 266 g/mol. The fourth-order valence-electron chi connectivity index (χ4n) is 2.82. The fourth-order valence-corrected chi connectivity index (χ4v) is 3.53. The summed E-state index contributed by atoms with van der Waals surface area (Å²) in [6, 6.07) is 2.10. The van der Waals surface area contributed by atoms with E-state index >= 15 is 0 Å². The van der Waals surface area contributed by atoms with E-state index in [9.17, 15) is 4.79 Å². The van der Waals surface area contributed by atoms with Crippen molar-refractivity contribution in [2.75, 3.05) is 6.61 Å². The fraction of sp³-hybridized carbons (Fsp3) is 0.667. The molecule has 0 unspecified atom stereocenters. The van der Waals surface area contributed by atoms with Crippen LogP contribution in [0.25, 0.3) is 0 Å². The van der Waals surface area contributed by atoms with Crippen molar-refractivity contribution < 1.29 is 9.53 Å². The first-order valence-corrected chi connectivity index (χ1v) is 7.89. The quantitative estimate of drug-likeness (QED) is 0.778. The third-order valence-corrected chi connectivity index (χ3v) is 4.54. The second kappa shape index (κ2) is 6.48. The molecular weight excluding hydrogens is 244 g/mol. The Bertz CT molecular complexity index is 358. The van der Waals surface area contributed by atoms with Gasteiger partial charge in [-0.15, -0.1) is 0 Å². The van der Waals surface area contributed by atoms with E-state index in [1.807, 2.05) is 6.92 Å². The molecule has 1 aliphatic rings. The van der Waals surface area contributed by atoms with Crippen LogP contribution in [0.1, 0.15) is 51.0 Å². The SMILES string of the molecule is CCOC1(C(=O)CCc2ccsc2)CCCCC1. The molecule has 0 saturated heterocycles. The summed E-state index contributed by atoms with van der Waals surface area (Å²) in [5.41, 5.74) is 0.819. The zero-order valence-electron chi connectivity index (χ0n) is 11.1. The molecule has 1 aromatic heterocycles. The van der Waals surface area contributed by atoms with Crippen molar-refractivity contribution in [3.05, 3.63) is 22.4 Å². The maximum absolute atomic E-state index is 12.5. The smallest absolute Gasteiger partial charge is 0.164 e. The predicted molar refractivity (Wildman–Crippen MR) is 75.1 cm³/mol. The van der Waals surface area contributed by atoms with E-state index in [0.29, 0.717) is 18.8 Å². The second-order valence-electron chi connectivity index (χ2n) is 5.04. The number of thiophene rings is 1. The van der Waals surface area contributed by atoms with E-state index < -0.39 is 5.60 Å². The number of aryl methyl sites for hydroxylation is 1. The molecule has 1 aromatic rings. The maximum Gasteiger partial charge on any atom is 0.164 e. The Morgan fingerprint density at radius 3 is 2.78 bits per heavy atom. The third kappa shape index (κ3) is 3.21. The summed E-state index contributed by atoms with van der Waals surface area (Å²) in [6.45, 7) is 2.63. The largest absolute Gasteiger partial charge is 0.368 e. The van der Waals surface area contributed by atoms with Gasteiger partial charge in [-0.3, -0.25) is 4.79 Å². The first-order chi connectivity index (χ1) is 8.77. The molecule has 1 aliphatic carbocycles. The van der Waals surface area contributed by atoms with Gasteiger partial charge < -0.3 is 4.74 Å². The molecule has 0 aliphatic heterocycles. The zero-order chi connectivity index (χ0) is 12.8. The Kier molecular flexibility index (Phi) is 4.95. The Morgan fingerprint density at radius 2 is 2.17 bits per heavy atom. The molecule has 0 radical (unpaired) electrons. The zero-order valence-corrected chi connectivity index (χ0v) is 11.9. The van der Waals surface area contributed by atoms with Gasteiger partial charge in [0, 0.05) is 13.0 Å². The highest BCUT2D eigenvalue weighted by molar-refractivity contribution is 7.07. The minimum atomic E-state index is -0.455. The van der Waals surface area contributed by atoms with Crippen LogP contribution in [-0.4, -0.2) is 18.0 Å². The highest BCUT2D eigenvalue weighted by Crippen LogP contribution is 2.33. The van der Waals surface area contributed by atoms with Gasteiger partial charge >= 0.3 is 0 Å². The van der Waals surface area contributed by atoms with Gasteiger partial charge in [0.25, 0.3) is 0 Å². The van der Waals surface area contributed by atoms with Gasteiger partial charge in [-0.25, -0.2) is 0 Å². The number of hydrogen-bond donors (Lipinski definition) is 0. The van der Waals surface area contributed by atoms with E-state index in [1.54, 1.807) is 11.3 Å². The van der Waals surface area contributed by atoms with Gasteiger partial charge in [0.1, 0.15) is 5.60 Å². The monoisotopic (exact) mass is 266 g/mol. The number of carbonyl (C=O) groups is 1. The van der Waals surface area contributed by atoms with Crippen molar-refractivity contribution in [3.63, 3.8) is 0 Å². The van der Waals surface area contributed by atoms with E-state index in [1.165, 1.54) is 12.0 Å². The second-order valence-corrected chi connectivity index (χ2v) is 5.82. The summed E-state index contributed by atoms with van der Waals surface area (Å²) in [4.78, 5) is 12.5. The molecule has 1 heterocycles. The van der Waals surface area contributed by atoms with Crippen molar-refractivity contribution in [1.29, 1.82) is 0 Å². The van der Waals surface area contributed by atoms with E-state index in [0.717, 1.165) is 32.1 Å². The van der Waals surface area contributed by atoms with Crippen LogP contribution in [0.15, 0.2) is 16.8 Å². The molecule has 1 saturated carbocycles. The lowest BCUT2D eigenvalue weighted by Crippen LogP contribution is -2.43. The maximum atomic E-state index is 12.5. The number of carbonyl (C=O) groups excluding carboxylic acids is 1. The summed E-state index contributed by atoms with van der Waals surface area (Å²) >= 11 is 1.69. The summed E-state index contributed by atoms with van der Waals surface area (Å²) in [5, 5.41) is 4.19. The summed E-state index contributed by atoms with van der Waals surface area (Å²) in [5.74, 6) is 0.315. The number of rotatable bonds is 6. The van der Waals surface area contributed by atoms with Crippen LogP contribution in [0.2, 0.25) is 0 Å². The van der Waals surface area contributed by atoms with Crippen molar-refractivity contribution in [3.8, 4) is 0 Å². The molecule has 0 spiro atoms. The Hall–Kier alpha value is -0.670. The van der Waals surface area contributed by atoms with Gasteiger partial charge in [0.15, 0.2) is 5.78 Å². The Balaban J connectivity index is 1.95. The molecule has 0 N–H and O–H groups in total. The molecule has 0 amide bonds. The van der Waals surface area contributed by atoms with Gasteiger partial charge in [-0.05, 0) is 48.6 Å². The van der Waals surface area contributed by atoms with Gasteiger partial charge in [0.05, 0.1) is 0 Å². The summed E-state index contributed by atoms with van der Waals surface area (Å²) in [7, 11) is 0. The first kappa shape index (κ1) is 13.8. The average Bonchev–Trinajstić information content (AvgIpc) is 2.90.